The first kappa shape index (κ1) is 9.64. The zero-order valence-electron chi connectivity index (χ0n) is 8.61. The van der Waals surface area contributed by atoms with E-state index in [0.717, 1.165) is 11.0 Å². The number of fused-ring (bicyclic) bond motifs is 1. The van der Waals surface area contributed by atoms with Crippen LogP contribution in [0.15, 0.2) is 18.3 Å². The van der Waals surface area contributed by atoms with Crippen molar-refractivity contribution >= 4 is 17.0 Å². The number of H-pyrrole nitrogens is 1. The van der Waals surface area contributed by atoms with Crippen molar-refractivity contribution in [3.05, 3.63) is 24.0 Å². The van der Waals surface area contributed by atoms with E-state index in [2.05, 4.69) is 4.98 Å². The van der Waals surface area contributed by atoms with Gasteiger partial charge in [-0.2, -0.15) is 4.73 Å². The molecule has 0 unspecified atom stereocenters. The molecule has 0 aromatic carbocycles. The number of carbonyl (C=O) groups excluding carboxylic acids is 1. The second-order valence-corrected chi connectivity index (χ2v) is 3.03. The zero-order valence-corrected chi connectivity index (χ0v) is 8.61. The van der Waals surface area contributed by atoms with Crippen molar-refractivity contribution in [1.29, 1.82) is 0 Å². The van der Waals surface area contributed by atoms with E-state index in [9.17, 15) is 4.79 Å². The average molecular weight is 208 g/mol. The minimum Gasteiger partial charge on any atom is -0.461 e. The maximum absolute atomic E-state index is 11.4. The van der Waals surface area contributed by atoms with Crippen molar-refractivity contribution in [3.8, 4) is 0 Å². The van der Waals surface area contributed by atoms with E-state index in [-0.39, 0.29) is 5.97 Å². The van der Waals surface area contributed by atoms with Crippen molar-refractivity contribution in [2.75, 3.05) is 13.7 Å². The van der Waals surface area contributed by atoms with Gasteiger partial charge in [0.1, 0.15) is 18.3 Å². The molecule has 0 saturated heterocycles. The number of hydrogen-bond acceptors (Lipinski definition) is 3. The first-order valence-corrected chi connectivity index (χ1v) is 4.68. The molecule has 5 heteroatoms. The average Bonchev–Trinajstić information content (AvgIpc) is 2.76. The molecule has 2 rings (SSSR count). The van der Waals surface area contributed by atoms with E-state index in [4.69, 9.17) is 9.57 Å². The van der Waals surface area contributed by atoms with Gasteiger partial charge in [0.15, 0.2) is 0 Å². The van der Waals surface area contributed by atoms with Gasteiger partial charge in [-0.05, 0) is 19.1 Å². The number of nitrogens with one attached hydrogen (secondary N) is 1. The van der Waals surface area contributed by atoms with Gasteiger partial charge in [-0.3, -0.25) is 0 Å². The topological polar surface area (TPSA) is 56.2 Å². The lowest BCUT2D eigenvalue weighted by atomic mass is 10.4. The first-order chi connectivity index (χ1) is 7.26. The Bertz CT molecular complexity index is 484. The van der Waals surface area contributed by atoms with Crippen LogP contribution in [0.2, 0.25) is 0 Å². The van der Waals surface area contributed by atoms with E-state index in [1.165, 1.54) is 0 Å². The third-order valence-electron chi connectivity index (χ3n) is 2.13. The molecular formula is C10H12N2O3. The van der Waals surface area contributed by atoms with Gasteiger partial charge >= 0.3 is 5.97 Å². The Morgan fingerprint density at radius 2 is 2.40 bits per heavy atom. The van der Waals surface area contributed by atoms with Crippen LogP contribution >= 0.6 is 0 Å². The molecule has 0 spiro atoms. The fourth-order valence-corrected chi connectivity index (χ4v) is 1.47. The van der Waals surface area contributed by atoms with E-state index < -0.39 is 0 Å². The van der Waals surface area contributed by atoms with Crippen molar-refractivity contribution in [3.63, 3.8) is 0 Å². The number of aromatic nitrogens is 2. The van der Waals surface area contributed by atoms with Crippen molar-refractivity contribution < 1.29 is 14.4 Å². The molecule has 0 atom stereocenters. The van der Waals surface area contributed by atoms with Gasteiger partial charge in [-0.1, -0.05) is 0 Å². The van der Waals surface area contributed by atoms with Crippen LogP contribution in [0.5, 0.6) is 0 Å². The van der Waals surface area contributed by atoms with Gasteiger partial charge in [0.25, 0.3) is 0 Å². The number of hydrogen-bond donors (Lipinski definition) is 1. The van der Waals surface area contributed by atoms with Gasteiger partial charge in [0.05, 0.1) is 12.1 Å². The molecule has 0 saturated carbocycles. The third kappa shape index (κ3) is 1.56. The van der Waals surface area contributed by atoms with Crippen LogP contribution in [0.1, 0.15) is 17.4 Å². The normalized spacial score (nSPS) is 10.5. The zero-order chi connectivity index (χ0) is 10.8. The molecule has 2 aromatic rings. The second kappa shape index (κ2) is 3.68. The summed E-state index contributed by atoms with van der Waals surface area (Å²) in [5, 5.41) is 0. The number of ether oxygens (including phenoxy) is 1. The summed E-state index contributed by atoms with van der Waals surface area (Å²) in [6.45, 7) is 2.14. The molecule has 0 aliphatic rings. The Morgan fingerprint density at radius 3 is 3.07 bits per heavy atom. The van der Waals surface area contributed by atoms with Crippen LogP contribution in [0, 0.1) is 0 Å². The highest BCUT2D eigenvalue weighted by atomic mass is 16.6. The summed E-state index contributed by atoms with van der Waals surface area (Å²) in [7, 11) is 1.57. The Hall–Kier alpha value is -1.91. The Labute approximate surface area is 86.5 Å². The summed E-state index contributed by atoms with van der Waals surface area (Å²) < 4.78 is 6.46. The summed E-state index contributed by atoms with van der Waals surface area (Å²) in [5.74, 6) is -0.351. The number of nitrogens with zero attached hydrogens (tertiary/aromatic N) is 1. The number of aromatic amines is 1. The quantitative estimate of drug-likeness (QED) is 0.771. The molecule has 5 nitrogen and oxygen atoms in total. The number of esters is 1. The largest absolute Gasteiger partial charge is 0.461 e. The predicted molar refractivity (Wildman–Crippen MR) is 54.7 cm³/mol. The lowest BCUT2D eigenvalue weighted by Crippen LogP contribution is -2.05. The molecule has 0 amide bonds. The van der Waals surface area contributed by atoms with Crippen LogP contribution < -0.4 is 4.84 Å². The Morgan fingerprint density at radius 1 is 1.60 bits per heavy atom. The van der Waals surface area contributed by atoms with E-state index in [0.29, 0.717) is 12.3 Å². The standard InChI is InChI=1S/C10H12N2O3/c1-3-15-10(13)8-6-9-7(11-8)4-5-12(9)14-2/h4-6,11H,3H2,1-2H3. The van der Waals surface area contributed by atoms with Crippen LogP contribution in [0.25, 0.3) is 11.0 Å². The summed E-state index contributed by atoms with van der Waals surface area (Å²) in [4.78, 5) is 19.4. The van der Waals surface area contributed by atoms with Crippen LogP contribution in [-0.2, 0) is 4.74 Å². The minimum atomic E-state index is -0.351. The monoisotopic (exact) mass is 208 g/mol. The molecule has 0 aliphatic heterocycles. The maximum atomic E-state index is 11.4. The Balaban J connectivity index is 2.38. The lowest BCUT2D eigenvalue weighted by Gasteiger charge is -1.99. The highest BCUT2D eigenvalue weighted by Crippen LogP contribution is 2.16. The van der Waals surface area contributed by atoms with Crippen molar-refractivity contribution in [2.45, 2.75) is 6.92 Å². The van der Waals surface area contributed by atoms with E-state index >= 15 is 0 Å². The fraction of sp³-hybridized carbons (Fsp3) is 0.300. The molecule has 1 N–H and O–H groups in total. The molecule has 0 aliphatic carbocycles. The summed E-state index contributed by atoms with van der Waals surface area (Å²) >= 11 is 0. The van der Waals surface area contributed by atoms with Crippen LogP contribution in [-0.4, -0.2) is 29.4 Å². The lowest BCUT2D eigenvalue weighted by molar-refractivity contribution is 0.0520. The van der Waals surface area contributed by atoms with Gasteiger partial charge in [0.2, 0.25) is 0 Å². The smallest absolute Gasteiger partial charge is 0.354 e. The highest BCUT2D eigenvalue weighted by molar-refractivity contribution is 5.93. The van der Waals surface area contributed by atoms with Gasteiger partial charge in [0, 0.05) is 6.20 Å². The van der Waals surface area contributed by atoms with Crippen LogP contribution in [0.4, 0.5) is 0 Å². The van der Waals surface area contributed by atoms with E-state index in [1.807, 2.05) is 6.07 Å². The maximum Gasteiger partial charge on any atom is 0.354 e. The minimum absolute atomic E-state index is 0.351. The fourth-order valence-electron chi connectivity index (χ4n) is 1.47. The van der Waals surface area contributed by atoms with Gasteiger partial charge < -0.3 is 14.6 Å². The predicted octanol–water partition coefficient (Wildman–Crippen LogP) is 1.20. The first-order valence-electron chi connectivity index (χ1n) is 4.68. The highest BCUT2D eigenvalue weighted by Gasteiger charge is 2.12. The summed E-state index contributed by atoms with van der Waals surface area (Å²) in [5.41, 5.74) is 2.11. The summed E-state index contributed by atoms with van der Waals surface area (Å²) in [6, 6.07) is 3.54. The molecule has 0 bridgehead atoms. The summed E-state index contributed by atoms with van der Waals surface area (Å²) in [6.07, 6.45) is 1.77. The van der Waals surface area contributed by atoms with Crippen molar-refractivity contribution in [2.24, 2.45) is 0 Å². The van der Waals surface area contributed by atoms with Gasteiger partial charge in [-0.15, -0.1) is 0 Å². The Kier molecular flexibility index (Phi) is 2.37. The third-order valence-corrected chi connectivity index (χ3v) is 2.13. The van der Waals surface area contributed by atoms with Crippen LogP contribution in [0.3, 0.4) is 0 Å². The molecule has 2 heterocycles. The molecule has 0 fully saturated rings. The molecule has 15 heavy (non-hydrogen) atoms. The number of rotatable bonds is 3. The molecule has 0 radical (unpaired) electrons. The van der Waals surface area contributed by atoms with Gasteiger partial charge in [-0.25, -0.2) is 4.79 Å². The van der Waals surface area contributed by atoms with E-state index in [1.54, 1.807) is 31.0 Å². The SMILES string of the molecule is CCOC(=O)c1cc2c(ccn2OC)[nH]1. The number of carbonyl (C=O) groups is 1. The second-order valence-electron chi connectivity index (χ2n) is 3.03. The molecular weight excluding hydrogens is 196 g/mol. The van der Waals surface area contributed by atoms with Crippen molar-refractivity contribution in [1.82, 2.24) is 9.71 Å². The molecule has 2 aromatic heterocycles. The molecule has 80 valence electrons.